The standard InChI is InChI=1S/C23H23ClN2O6S/c1-14-17(24)5-4-6-20(14)33(27,28)26-23-22(21-16(12-25-23)9-10-31-21)32-13-15-7-8-18(29-2)19(11-15)30-3/h4-8,11-12H,9-10,13H2,1-3H3,(H,25,26). The van der Waals surface area contributed by atoms with E-state index in [1.54, 1.807) is 51.6 Å². The average molecular weight is 491 g/mol. The first-order valence-corrected chi connectivity index (χ1v) is 12.0. The zero-order valence-electron chi connectivity index (χ0n) is 18.3. The summed E-state index contributed by atoms with van der Waals surface area (Å²) in [7, 11) is -0.868. The molecular weight excluding hydrogens is 468 g/mol. The average Bonchev–Trinajstić information content (AvgIpc) is 3.28. The number of fused-ring (bicyclic) bond motifs is 1. The fourth-order valence-corrected chi connectivity index (χ4v) is 5.02. The molecule has 0 amide bonds. The first kappa shape index (κ1) is 23.0. The predicted octanol–water partition coefficient (Wildman–Crippen LogP) is 4.38. The van der Waals surface area contributed by atoms with Crippen LogP contribution in [0.5, 0.6) is 23.0 Å². The molecule has 1 aromatic heterocycles. The van der Waals surface area contributed by atoms with Crippen LogP contribution in [-0.4, -0.2) is 34.2 Å². The molecule has 2 aromatic carbocycles. The molecule has 0 fully saturated rings. The van der Waals surface area contributed by atoms with E-state index >= 15 is 0 Å². The van der Waals surface area contributed by atoms with Crippen molar-refractivity contribution in [1.82, 2.24) is 4.98 Å². The van der Waals surface area contributed by atoms with Gasteiger partial charge >= 0.3 is 0 Å². The van der Waals surface area contributed by atoms with Crippen LogP contribution in [0.3, 0.4) is 0 Å². The molecule has 0 bridgehead atoms. The van der Waals surface area contributed by atoms with E-state index in [-0.39, 0.29) is 23.1 Å². The van der Waals surface area contributed by atoms with Crippen LogP contribution in [-0.2, 0) is 23.1 Å². The first-order valence-electron chi connectivity index (χ1n) is 10.1. The Balaban J connectivity index is 1.66. The maximum atomic E-state index is 13.1. The Morgan fingerprint density at radius 2 is 1.94 bits per heavy atom. The molecule has 1 aliphatic heterocycles. The highest BCUT2D eigenvalue weighted by molar-refractivity contribution is 7.92. The zero-order chi connectivity index (χ0) is 23.6. The molecule has 0 radical (unpaired) electrons. The Hall–Kier alpha value is -3.17. The number of aromatic nitrogens is 1. The molecule has 33 heavy (non-hydrogen) atoms. The lowest BCUT2D eigenvalue weighted by atomic mass is 10.2. The first-order chi connectivity index (χ1) is 15.8. The van der Waals surface area contributed by atoms with Gasteiger partial charge in [-0.3, -0.25) is 4.72 Å². The van der Waals surface area contributed by atoms with E-state index < -0.39 is 10.0 Å². The number of anilines is 1. The molecular formula is C23H23ClN2O6S. The molecule has 174 valence electrons. The number of benzene rings is 2. The summed E-state index contributed by atoms with van der Waals surface area (Å²) in [6, 6.07) is 10.1. The monoisotopic (exact) mass is 490 g/mol. The number of nitrogens with zero attached hydrogens (tertiary/aromatic N) is 1. The molecule has 4 rings (SSSR count). The molecule has 2 heterocycles. The third-order valence-corrected chi connectivity index (χ3v) is 7.14. The molecule has 1 aliphatic rings. The topological polar surface area (TPSA) is 96.0 Å². The van der Waals surface area contributed by atoms with Gasteiger partial charge in [-0.05, 0) is 42.3 Å². The smallest absolute Gasteiger partial charge is 0.263 e. The van der Waals surface area contributed by atoms with Crippen LogP contribution in [0.25, 0.3) is 0 Å². The van der Waals surface area contributed by atoms with E-state index in [9.17, 15) is 8.42 Å². The number of ether oxygens (including phenoxy) is 4. The van der Waals surface area contributed by atoms with Gasteiger partial charge in [0.2, 0.25) is 5.75 Å². The fraction of sp³-hybridized carbons (Fsp3) is 0.261. The Bertz CT molecular complexity index is 1300. The third-order valence-electron chi connectivity index (χ3n) is 5.25. The van der Waals surface area contributed by atoms with Crippen molar-refractivity contribution in [3.63, 3.8) is 0 Å². The fourth-order valence-electron chi connectivity index (χ4n) is 3.51. The number of pyridine rings is 1. The number of methoxy groups -OCH3 is 2. The van der Waals surface area contributed by atoms with Gasteiger partial charge in [0.05, 0.1) is 25.7 Å². The summed E-state index contributed by atoms with van der Waals surface area (Å²) in [5.74, 6) is 1.89. The van der Waals surface area contributed by atoms with Crippen LogP contribution in [0.2, 0.25) is 5.02 Å². The molecule has 8 nitrogen and oxygen atoms in total. The van der Waals surface area contributed by atoms with Crippen LogP contribution < -0.4 is 23.7 Å². The SMILES string of the molecule is COc1ccc(COc2c(NS(=O)(=O)c3cccc(Cl)c3C)ncc3c2OCC3)cc1OC. The molecule has 0 unspecified atom stereocenters. The summed E-state index contributed by atoms with van der Waals surface area (Å²) in [6.45, 7) is 2.24. The number of hydrogen-bond acceptors (Lipinski definition) is 7. The number of nitrogens with one attached hydrogen (secondary N) is 1. The van der Waals surface area contributed by atoms with Crippen molar-refractivity contribution in [1.29, 1.82) is 0 Å². The van der Waals surface area contributed by atoms with Crippen LogP contribution in [0.15, 0.2) is 47.5 Å². The molecule has 0 atom stereocenters. The minimum atomic E-state index is -3.98. The summed E-state index contributed by atoms with van der Waals surface area (Å²) in [4.78, 5) is 4.37. The molecule has 0 saturated heterocycles. The third kappa shape index (κ3) is 4.65. The van der Waals surface area contributed by atoms with Crippen molar-refractivity contribution in [2.24, 2.45) is 0 Å². The van der Waals surface area contributed by atoms with E-state index in [1.807, 2.05) is 6.07 Å². The van der Waals surface area contributed by atoms with Crippen molar-refractivity contribution in [2.45, 2.75) is 24.8 Å². The van der Waals surface area contributed by atoms with Gasteiger partial charge in [0.15, 0.2) is 23.1 Å². The zero-order valence-corrected chi connectivity index (χ0v) is 19.9. The summed E-state index contributed by atoms with van der Waals surface area (Å²) < 4.78 is 51.2. The van der Waals surface area contributed by atoms with Crippen LogP contribution in [0.1, 0.15) is 16.7 Å². The largest absolute Gasteiger partial charge is 0.493 e. The maximum Gasteiger partial charge on any atom is 0.263 e. The van der Waals surface area contributed by atoms with Gasteiger partial charge in [-0.2, -0.15) is 0 Å². The highest BCUT2D eigenvalue weighted by atomic mass is 35.5. The van der Waals surface area contributed by atoms with Gasteiger partial charge < -0.3 is 18.9 Å². The second-order valence-electron chi connectivity index (χ2n) is 7.34. The number of halogens is 1. The summed E-state index contributed by atoms with van der Waals surface area (Å²) in [5.41, 5.74) is 2.08. The normalized spacial score (nSPS) is 12.6. The van der Waals surface area contributed by atoms with Crippen molar-refractivity contribution in [3.05, 3.63) is 64.3 Å². The summed E-state index contributed by atoms with van der Waals surface area (Å²) >= 11 is 6.12. The lowest BCUT2D eigenvalue weighted by Gasteiger charge is -2.17. The molecule has 0 aliphatic carbocycles. The van der Waals surface area contributed by atoms with E-state index in [0.29, 0.717) is 40.9 Å². The second-order valence-corrected chi connectivity index (χ2v) is 9.39. The predicted molar refractivity (Wildman–Crippen MR) is 124 cm³/mol. The van der Waals surface area contributed by atoms with Crippen LogP contribution in [0, 0.1) is 6.92 Å². The number of sulfonamides is 1. The van der Waals surface area contributed by atoms with Crippen molar-refractivity contribution in [3.8, 4) is 23.0 Å². The van der Waals surface area contributed by atoms with Gasteiger partial charge in [-0.15, -0.1) is 0 Å². The van der Waals surface area contributed by atoms with Gasteiger partial charge in [-0.25, -0.2) is 13.4 Å². The Kier molecular flexibility index (Phi) is 6.53. The van der Waals surface area contributed by atoms with Gasteiger partial charge in [0.1, 0.15) is 6.61 Å². The van der Waals surface area contributed by atoms with E-state index in [1.165, 1.54) is 6.07 Å². The Morgan fingerprint density at radius 1 is 1.15 bits per heavy atom. The van der Waals surface area contributed by atoms with Crippen molar-refractivity contribution in [2.75, 3.05) is 25.5 Å². The molecule has 3 aromatic rings. The van der Waals surface area contributed by atoms with Gasteiger partial charge in [-0.1, -0.05) is 23.7 Å². The molecule has 1 N–H and O–H groups in total. The van der Waals surface area contributed by atoms with E-state index in [4.69, 9.17) is 30.5 Å². The minimum Gasteiger partial charge on any atom is -0.493 e. The molecule has 0 saturated carbocycles. The van der Waals surface area contributed by atoms with Crippen LogP contribution >= 0.6 is 11.6 Å². The lowest BCUT2D eigenvalue weighted by Crippen LogP contribution is -2.16. The Labute approximate surface area is 197 Å². The van der Waals surface area contributed by atoms with Crippen molar-refractivity contribution < 1.29 is 27.4 Å². The van der Waals surface area contributed by atoms with Gasteiger partial charge in [0, 0.05) is 23.2 Å². The maximum absolute atomic E-state index is 13.1. The minimum absolute atomic E-state index is 0.0375. The number of hydrogen-bond donors (Lipinski definition) is 1. The van der Waals surface area contributed by atoms with Crippen molar-refractivity contribution >= 4 is 27.4 Å². The summed E-state index contributed by atoms with van der Waals surface area (Å²) in [5, 5.41) is 0.355. The highest BCUT2D eigenvalue weighted by Gasteiger charge is 2.27. The summed E-state index contributed by atoms with van der Waals surface area (Å²) in [6.07, 6.45) is 2.25. The molecule has 10 heteroatoms. The lowest BCUT2D eigenvalue weighted by molar-refractivity contribution is 0.277. The Morgan fingerprint density at radius 3 is 2.70 bits per heavy atom. The second kappa shape index (κ2) is 9.36. The van der Waals surface area contributed by atoms with E-state index in [2.05, 4.69) is 9.71 Å². The van der Waals surface area contributed by atoms with Gasteiger partial charge in [0.25, 0.3) is 10.0 Å². The number of rotatable bonds is 8. The quantitative estimate of drug-likeness (QED) is 0.500. The van der Waals surface area contributed by atoms with E-state index in [0.717, 1.165) is 11.1 Å². The van der Waals surface area contributed by atoms with Crippen LogP contribution in [0.4, 0.5) is 5.82 Å². The molecule has 0 spiro atoms. The highest BCUT2D eigenvalue weighted by Crippen LogP contribution is 2.41.